The summed E-state index contributed by atoms with van der Waals surface area (Å²) < 4.78 is 22.9. The number of hydrogen-bond acceptors (Lipinski definition) is 9. The van der Waals surface area contributed by atoms with Crippen LogP contribution in [0.3, 0.4) is 0 Å². The summed E-state index contributed by atoms with van der Waals surface area (Å²) in [5.41, 5.74) is 1.78. The largest absolute Gasteiger partial charge is 0.493 e. The first-order valence-electron chi connectivity index (χ1n) is 10.2. The smallest absolute Gasteiger partial charge is 0.311 e. The number of ether oxygens (including phenoxy) is 4. The lowest BCUT2D eigenvalue weighted by atomic mass is 10.1. The summed E-state index contributed by atoms with van der Waals surface area (Å²) in [6.45, 7) is 0. The number of thiazole rings is 1. The number of imidazole rings is 1. The van der Waals surface area contributed by atoms with E-state index in [4.69, 9.17) is 18.9 Å². The molecule has 180 valence electrons. The lowest BCUT2D eigenvalue weighted by Gasteiger charge is -2.13. The highest BCUT2D eigenvalue weighted by Crippen LogP contribution is 2.39. The van der Waals surface area contributed by atoms with Gasteiger partial charge < -0.3 is 18.9 Å². The van der Waals surface area contributed by atoms with Crippen molar-refractivity contribution in [2.75, 3.05) is 28.4 Å². The molecular weight excluding hydrogens is 474 g/mol. The van der Waals surface area contributed by atoms with Gasteiger partial charge in [0, 0.05) is 28.8 Å². The third-order valence-corrected chi connectivity index (χ3v) is 6.05. The quantitative estimate of drug-likeness (QED) is 0.139. The molecule has 0 unspecified atom stereocenters. The van der Waals surface area contributed by atoms with Gasteiger partial charge in [0.05, 0.1) is 44.8 Å². The maximum atomic E-state index is 13.1. The Morgan fingerprint density at radius 3 is 2.31 bits per heavy atom. The van der Waals surface area contributed by atoms with Crippen LogP contribution >= 0.6 is 11.3 Å². The molecule has 2 aromatic heterocycles. The van der Waals surface area contributed by atoms with Crippen molar-refractivity contribution < 1.29 is 28.7 Å². The van der Waals surface area contributed by atoms with Crippen LogP contribution < -0.4 is 18.9 Å². The molecule has 11 heteroatoms. The second kappa shape index (κ2) is 9.85. The fourth-order valence-electron chi connectivity index (χ4n) is 3.63. The van der Waals surface area contributed by atoms with E-state index in [0.29, 0.717) is 44.7 Å². The Bertz CT molecular complexity index is 1430. The molecule has 0 N–H and O–H groups in total. The van der Waals surface area contributed by atoms with Crippen LogP contribution in [0.2, 0.25) is 0 Å². The Kier molecular flexibility index (Phi) is 6.69. The van der Waals surface area contributed by atoms with Crippen LogP contribution in [0.5, 0.6) is 23.0 Å². The summed E-state index contributed by atoms with van der Waals surface area (Å²) in [5.74, 6) is 0.948. The van der Waals surface area contributed by atoms with E-state index in [9.17, 15) is 14.9 Å². The average molecular weight is 496 g/mol. The number of carbonyl (C=O) groups is 1. The summed E-state index contributed by atoms with van der Waals surface area (Å²) in [7, 11) is 5.80. The number of ketones is 1. The number of allylic oxidation sites excluding steroid dienone is 1. The van der Waals surface area contributed by atoms with Crippen molar-refractivity contribution in [1.82, 2.24) is 9.38 Å². The van der Waals surface area contributed by atoms with Gasteiger partial charge in [-0.25, -0.2) is 4.98 Å². The van der Waals surface area contributed by atoms with Gasteiger partial charge in [-0.2, -0.15) is 0 Å². The Morgan fingerprint density at radius 1 is 1.03 bits per heavy atom. The van der Waals surface area contributed by atoms with Crippen LogP contribution in [0.4, 0.5) is 5.69 Å². The molecule has 0 amide bonds. The van der Waals surface area contributed by atoms with Gasteiger partial charge in [0.1, 0.15) is 0 Å². The first-order chi connectivity index (χ1) is 16.9. The van der Waals surface area contributed by atoms with Gasteiger partial charge in [0.15, 0.2) is 28.0 Å². The maximum absolute atomic E-state index is 13.1. The van der Waals surface area contributed by atoms with Crippen molar-refractivity contribution in [3.8, 4) is 34.3 Å². The zero-order chi connectivity index (χ0) is 25.1. The third kappa shape index (κ3) is 4.41. The molecule has 2 heterocycles. The molecule has 0 aliphatic carbocycles. The van der Waals surface area contributed by atoms with Crippen molar-refractivity contribution in [3.63, 3.8) is 0 Å². The first kappa shape index (κ1) is 23.8. The number of nitro groups is 1. The number of fused-ring (bicyclic) bond motifs is 1. The van der Waals surface area contributed by atoms with Crippen LogP contribution in [0.25, 0.3) is 22.3 Å². The predicted octanol–water partition coefficient (Wildman–Crippen LogP) is 4.90. The van der Waals surface area contributed by atoms with Crippen molar-refractivity contribution in [3.05, 3.63) is 69.4 Å². The second-order valence-corrected chi connectivity index (χ2v) is 8.03. The third-order valence-electron chi connectivity index (χ3n) is 5.29. The van der Waals surface area contributed by atoms with Crippen molar-refractivity contribution in [1.29, 1.82) is 0 Å². The second-order valence-electron chi connectivity index (χ2n) is 7.16. The molecule has 0 bridgehead atoms. The molecule has 0 saturated heterocycles. The van der Waals surface area contributed by atoms with Gasteiger partial charge in [-0.1, -0.05) is 0 Å². The molecule has 0 atom stereocenters. The molecule has 2 aromatic carbocycles. The minimum atomic E-state index is -0.510. The summed E-state index contributed by atoms with van der Waals surface area (Å²) in [6, 6.07) is 7.76. The molecule has 4 aromatic rings. The normalized spacial score (nSPS) is 11.1. The standard InChI is InChI=1S/C24H21N3O7S/c1-31-19-8-5-14(11-17(19)27(29)30)22-16(26-9-10-35-24(26)25-22)6-7-18(28)15-12-20(32-2)23(34-4)21(13-15)33-3/h5-13H,1-4H3. The van der Waals surface area contributed by atoms with E-state index in [0.717, 1.165) is 0 Å². The van der Waals surface area contributed by atoms with E-state index in [1.807, 2.05) is 16.0 Å². The number of nitro benzene ring substituents is 1. The fraction of sp³-hybridized carbons (Fsp3) is 0.167. The van der Waals surface area contributed by atoms with E-state index >= 15 is 0 Å². The minimum Gasteiger partial charge on any atom is -0.493 e. The summed E-state index contributed by atoms with van der Waals surface area (Å²) >= 11 is 1.41. The van der Waals surface area contributed by atoms with Gasteiger partial charge in [-0.3, -0.25) is 19.3 Å². The monoisotopic (exact) mass is 495 g/mol. The van der Waals surface area contributed by atoms with E-state index in [1.165, 1.54) is 58.0 Å². The fourth-order valence-corrected chi connectivity index (χ4v) is 4.35. The molecule has 0 radical (unpaired) electrons. The highest BCUT2D eigenvalue weighted by molar-refractivity contribution is 7.15. The van der Waals surface area contributed by atoms with Crippen LogP contribution in [0, 0.1) is 10.1 Å². The molecule has 0 aliphatic heterocycles. The zero-order valence-corrected chi connectivity index (χ0v) is 20.1. The van der Waals surface area contributed by atoms with Crippen molar-refractivity contribution >= 4 is 33.8 Å². The lowest BCUT2D eigenvalue weighted by Crippen LogP contribution is -2.00. The number of methoxy groups -OCH3 is 4. The minimum absolute atomic E-state index is 0.148. The molecule has 0 spiro atoms. The van der Waals surface area contributed by atoms with Gasteiger partial charge in [-0.15, -0.1) is 11.3 Å². The van der Waals surface area contributed by atoms with Crippen LogP contribution in [0.15, 0.2) is 48.0 Å². The van der Waals surface area contributed by atoms with Crippen LogP contribution in [-0.4, -0.2) is 48.5 Å². The topological polar surface area (TPSA) is 114 Å². The van der Waals surface area contributed by atoms with Crippen LogP contribution in [0.1, 0.15) is 16.1 Å². The Labute approximate surface area is 204 Å². The Morgan fingerprint density at radius 2 is 1.71 bits per heavy atom. The first-order valence-corrected chi connectivity index (χ1v) is 11.1. The SMILES string of the molecule is COc1ccc(-c2nc3sccn3c2C=CC(=O)c2cc(OC)c(OC)c(OC)c2)cc1[N+](=O)[O-]. The van der Waals surface area contributed by atoms with Gasteiger partial charge in [0.2, 0.25) is 5.75 Å². The molecular formula is C24H21N3O7S. The van der Waals surface area contributed by atoms with Crippen molar-refractivity contribution in [2.45, 2.75) is 0 Å². The van der Waals surface area contributed by atoms with Gasteiger partial charge in [-0.05, 0) is 36.4 Å². The summed E-state index contributed by atoms with van der Waals surface area (Å²) in [5, 5.41) is 13.4. The number of benzene rings is 2. The molecule has 0 aliphatic rings. The molecule has 4 rings (SSSR count). The summed E-state index contributed by atoms with van der Waals surface area (Å²) in [4.78, 5) is 29.4. The zero-order valence-electron chi connectivity index (χ0n) is 19.3. The Hall–Kier alpha value is -4.38. The maximum Gasteiger partial charge on any atom is 0.311 e. The number of rotatable bonds is 9. The number of carbonyl (C=O) groups excluding carboxylic acids is 1. The number of aromatic nitrogens is 2. The molecule has 35 heavy (non-hydrogen) atoms. The Balaban J connectivity index is 1.77. The van der Waals surface area contributed by atoms with E-state index in [2.05, 4.69) is 4.98 Å². The number of nitrogens with zero attached hydrogens (tertiary/aromatic N) is 3. The van der Waals surface area contributed by atoms with Crippen LogP contribution in [-0.2, 0) is 0 Å². The molecule has 0 saturated carbocycles. The lowest BCUT2D eigenvalue weighted by molar-refractivity contribution is -0.385. The van der Waals surface area contributed by atoms with Gasteiger partial charge >= 0.3 is 5.69 Å². The van der Waals surface area contributed by atoms with Gasteiger partial charge in [0.25, 0.3) is 0 Å². The van der Waals surface area contributed by atoms with E-state index in [1.54, 1.807) is 24.3 Å². The summed E-state index contributed by atoms with van der Waals surface area (Å²) in [6.07, 6.45) is 4.85. The number of hydrogen-bond donors (Lipinski definition) is 0. The predicted molar refractivity (Wildman–Crippen MR) is 131 cm³/mol. The molecule has 10 nitrogen and oxygen atoms in total. The molecule has 0 fully saturated rings. The highest BCUT2D eigenvalue weighted by atomic mass is 32.1. The van der Waals surface area contributed by atoms with E-state index in [-0.39, 0.29) is 17.2 Å². The van der Waals surface area contributed by atoms with Crippen molar-refractivity contribution in [2.24, 2.45) is 0 Å². The highest BCUT2D eigenvalue weighted by Gasteiger charge is 2.21. The van der Waals surface area contributed by atoms with E-state index < -0.39 is 4.92 Å². The average Bonchev–Trinajstić information content (AvgIpc) is 3.47.